The van der Waals surface area contributed by atoms with Gasteiger partial charge in [0.2, 0.25) is 0 Å². The van der Waals surface area contributed by atoms with E-state index >= 15 is 0 Å². The number of rotatable bonds is 3. The van der Waals surface area contributed by atoms with Gasteiger partial charge in [-0.25, -0.2) is 4.79 Å². The second-order valence-corrected chi connectivity index (χ2v) is 5.93. The van der Waals surface area contributed by atoms with Crippen molar-refractivity contribution < 1.29 is 14.3 Å². The zero-order valence-electron chi connectivity index (χ0n) is 13.2. The van der Waals surface area contributed by atoms with Gasteiger partial charge in [-0.3, -0.25) is 4.79 Å². The van der Waals surface area contributed by atoms with Crippen molar-refractivity contribution in [3.05, 3.63) is 48.0 Å². The maximum atomic E-state index is 12.2. The van der Waals surface area contributed by atoms with Gasteiger partial charge in [-0.2, -0.15) is 0 Å². The van der Waals surface area contributed by atoms with E-state index in [0.717, 1.165) is 36.7 Å². The Hall–Kier alpha value is -2.36. The van der Waals surface area contributed by atoms with E-state index in [1.54, 1.807) is 17.0 Å². The second kappa shape index (κ2) is 7.27. The predicted octanol–water partition coefficient (Wildman–Crippen LogP) is 3.40. The van der Waals surface area contributed by atoms with Gasteiger partial charge in [-0.1, -0.05) is 43.2 Å². The van der Waals surface area contributed by atoms with Gasteiger partial charge in [0.15, 0.2) is 6.61 Å². The van der Waals surface area contributed by atoms with Crippen LogP contribution in [-0.2, 0) is 9.53 Å². The fourth-order valence-electron chi connectivity index (χ4n) is 2.94. The third-order valence-electron chi connectivity index (χ3n) is 4.27. The molecule has 1 heterocycles. The molecule has 1 aliphatic heterocycles. The van der Waals surface area contributed by atoms with Crippen molar-refractivity contribution in [3.8, 4) is 0 Å². The summed E-state index contributed by atoms with van der Waals surface area (Å²) >= 11 is 0. The summed E-state index contributed by atoms with van der Waals surface area (Å²) in [5.74, 6) is -0.542. The maximum Gasteiger partial charge on any atom is 0.338 e. The molecule has 0 spiro atoms. The van der Waals surface area contributed by atoms with Crippen LogP contribution in [0.4, 0.5) is 0 Å². The number of likely N-dealkylation sites (tertiary alicyclic amines) is 1. The van der Waals surface area contributed by atoms with Crippen LogP contribution < -0.4 is 0 Å². The molecule has 2 aromatic rings. The highest BCUT2D eigenvalue weighted by Gasteiger charge is 2.17. The highest BCUT2D eigenvalue weighted by molar-refractivity contribution is 5.96. The molecule has 0 aromatic heterocycles. The van der Waals surface area contributed by atoms with E-state index in [4.69, 9.17) is 4.74 Å². The number of esters is 1. The van der Waals surface area contributed by atoms with Crippen LogP contribution in [0.15, 0.2) is 42.5 Å². The lowest BCUT2D eigenvalue weighted by molar-refractivity contribution is -0.134. The second-order valence-electron chi connectivity index (χ2n) is 5.93. The molecule has 3 rings (SSSR count). The Morgan fingerprint density at radius 2 is 1.61 bits per heavy atom. The van der Waals surface area contributed by atoms with Crippen LogP contribution in [0.25, 0.3) is 10.8 Å². The van der Waals surface area contributed by atoms with Crippen molar-refractivity contribution in [2.45, 2.75) is 25.7 Å². The monoisotopic (exact) mass is 311 g/mol. The van der Waals surface area contributed by atoms with Crippen molar-refractivity contribution >= 4 is 22.6 Å². The predicted molar refractivity (Wildman–Crippen MR) is 89.3 cm³/mol. The van der Waals surface area contributed by atoms with Crippen molar-refractivity contribution in [2.75, 3.05) is 19.7 Å². The molecule has 1 aliphatic rings. The van der Waals surface area contributed by atoms with Crippen LogP contribution in [0.2, 0.25) is 0 Å². The molecule has 0 saturated carbocycles. The summed E-state index contributed by atoms with van der Waals surface area (Å²) in [4.78, 5) is 26.1. The molecule has 0 bridgehead atoms. The Kier molecular flexibility index (Phi) is 4.91. The summed E-state index contributed by atoms with van der Waals surface area (Å²) in [7, 11) is 0. The number of benzene rings is 2. The molecule has 0 atom stereocenters. The van der Waals surface area contributed by atoms with Crippen LogP contribution >= 0.6 is 0 Å². The highest BCUT2D eigenvalue weighted by Crippen LogP contribution is 2.16. The molecule has 120 valence electrons. The van der Waals surface area contributed by atoms with Gasteiger partial charge in [0.1, 0.15) is 0 Å². The van der Waals surface area contributed by atoms with Gasteiger partial charge in [0.05, 0.1) is 5.56 Å². The average Bonchev–Trinajstić information content (AvgIpc) is 2.88. The van der Waals surface area contributed by atoms with Gasteiger partial charge in [-0.15, -0.1) is 0 Å². The molecule has 0 aliphatic carbocycles. The molecule has 0 N–H and O–H groups in total. The zero-order chi connectivity index (χ0) is 16.1. The van der Waals surface area contributed by atoms with E-state index in [-0.39, 0.29) is 12.5 Å². The fourth-order valence-corrected chi connectivity index (χ4v) is 2.94. The minimum absolute atomic E-state index is 0.0963. The molecule has 0 unspecified atom stereocenters. The highest BCUT2D eigenvalue weighted by atomic mass is 16.5. The summed E-state index contributed by atoms with van der Waals surface area (Å²) in [6.07, 6.45) is 4.40. The molecule has 2 aromatic carbocycles. The third-order valence-corrected chi connectivity index (χ3v) is 4.27. The Bertz CT molecular complexity index is 703. The van der Waals surface area contributed by atoms with Gasteiger partial charge in [0, 0.05) is 13.1 Å². The van der Waals surface area contributed by atoms with E-state index in [9.17, 15) is 9.59 Å². The average molecular weight is 311 g/mol. The first kappa shape index (κ1) is 15.5. The zero-order valence-corrected chi connectivity index (χ0v) is 13.2. The Morgan fingerprint density at radius 3 is 2.35 bits per heavy atom. The largest absolute Gasteiger partial charge is 0.452 e. The Balaban J connectivity index is 1.60. The molecule has 1 saturated heterocycles. The standard InChI is InChI=1S/C19H21NO3/c21-18(20-11-5-1-2-6-12-20)14-23-19(22)17-10-9-15-7-3-4-8-16(15)13-17/h3-4,7-10,13H,1-2,5-6,11-12,14H2. The Labute approximate surface area is 136 Å². The number of amides is 1. The molecule has 23 heavy (non-hydrogen) atoms. The summed E-state index contributed by atoms with van der Waals surface area (Å²) < 4.78 is 5.20. The number of fused-ring (bicyclic) bond motifs is 1. The van der Waals surface area contributed by atoms with Crippen molar-refractivity contribution in [1.29, 1.82) is 0 Å². The third kappa shape index (κ3) is 3.89. The lowest BCUT2D eigenvalue weighted by Gasteiger charge is -2.19. The first-order chi connectivity index (χ1) is 11.2. The van der Waals surface area contributed by atoms with E-state index in [1.807, 2.05) is 30.3 Å². The molecular weight excluding hydrogens is 290 g/mol. The number of ether oxygens (including phenoxy) is 1. The first-order valence-corrected chi connectivity index (χ1v) is 8.18. The minimum atomic E-state index is -0.445. The quantitative estimate of drug-likeness (QED) is 0.816. The number of carbonyl (C=O) groups excluding carboxylic acids is 2. The number of hydrogen-bond donors (Lipinski definition) is 0. The molecule has 1 fully saturated rings. The van der Waals surface area contributed by atoms with Crippen LogP contribution in [-0.4, -0.2) is 36.5 Å². The summed E-state index contributed by atoms with van der Waals surface area (Å²) in [5, 5.41) is 2.06. The topological polar surface area (TPSA) is 46.6 Å². The van der Waals surface area contributed by atoms with E-state index < -0.39 is 5.97 Å². The van der Waals surface area contributed by atoms with E-state index in [0.29, 0.717) is 5.56 Å². The summed E-state index contributed by atoms with van der Waals surface area (Å²) in [6.45, 7) is 1.37. The smallest absolute Gasteiger partial charge is 0.338 e. The minimum Gasteiger partial charge on any atom is -0.452 e. The molecule has 1 amide bonds. The van der Waals surface area contributed by atoms with Gasteiger partial charge >= 0.3 is 5.97 Å². The first-order valence-electron chi connectivity index (χ1n) is 8.18. The van der Waals surface area contributed by atoms with Crippen molar-refractivity contribution in [1.82, 2.24) is 4.90 Å². The lowest BCUT2D eigenvalue weighted by Crippen LogP contribution is -2.35. The molecule has 4 heteroatoms. The fraction of sp³-hybridized carbons (Fsp3) is 0.368. The van der Waals surface area contributed by atoms with Crippen molar-refractivity contribution in [2.24, 2.45) is 0 Å². The van der Waals surface area contributed by atoms with Gasteiger partial charge < -0.3 is 9.64 Å². The number of hydrogen-bond acceptors (Lipinski definition) is 3. The number of nitrogens with zero attached hydrogens (tertiary/aromatic N) is 1. The summed E-state index contributed by atoms with van der Waals surface area (Å²) in [5.41, 5.74) is 0.479. The van der Waals surface area contributed by atoms with Crippen LogP contribution in [0.5, 0.6) is 0 Å². The summed E-state index contributed by atoms with van der Waals surface area (Å²) in [6, 6.07) is 13.3. The van der Waals surface area contributed by atoms with Gasteiger partial charge in [0.25, 0.3) is 5.91 Å². The SMILES string of the molecule is O=C(OCC(=O)N1CCCCCC1)c1ccc2ccccc2c1. The molecular formula is C19H21NO3. The van der Waals surface area contributed by atoms with E-state index in [1.165, 1.54) is 12.8 Å². The normalized spacial score (nSPS) is 15.2. The lowest BCUT2D eigenvalue weighted by atomic mass is 10.1. The van der Waals surface area contributed by atoms with Crippen LogP contribution in [0.3, 0.4) is 0 Å². The number of carbonyl (C=O) groups is 2. The van der Waals surface area contributed by atoms with E-state index in [2.05, 4.69) is 0 Å². The molecule has 4 nitrogen and oxygen atoms in total. The molecule has 0 radical (unpaired) electrons. The van der Waals surface area contributed by atoms with Gasteiger partial charge in [-0.05, 0) is 35.7 Å². The Morgan fingerprint density at radius 1 is 0.913 bits per heavy atom. The van der Waals surface area contributed by atoms with Crippen LogP contribution in [0, 0.1) is 0 Å². The maximum absolute atomic E-state index is 12.2. The van der Waals surface area contributed by atoms with Crippen molar-refractivity contribution in [3.63, 3.8) is 0 Å². The van der Waals surface area contributed by atoms with Crippen LogP contribution in [0.1, 0.15) is 36.0 Å².